The van der Waals surface area contributed by atoms with Gasteiger partial charge in [0.1, 0.15) is 12.1 Å². The van der Waals surface area contributed by atoms with Crippen molar-refractivity contribution in [3.05, 3.63) is 0 Å². The van der Waals surface area contributed by atoms with E-state index in [-0.39, 0.29) is 24.0 Å². The lowest BCUT2D eigenvalue weighted by Crippen LogP contribution is -2.44. The van der Waals surface area contributed by atoms with Crippen molar-refractivity contribution in [1.29, 1.82) is 0 Å². The predicted molar refractivity (Wildman–Crippen MR) is 77.4 cm³/mol. The number of carbonyl (C=O) groups excluding carboxylic acids is 2. The molecule has 0 bridgehead atoms. The lowest BCUT2D eigenvalue weighted by molar-refractivity contribution is -0.147. The Hall–Kier alpha value is -1.14. The van der Waals surface area contributed by atoms with Crippen LogP contribution in [0.15, 0.2) is 0 Å². The number of hydrogen-bond donors (Lipinski definition) is 2. The number of hydrogen-bond acceptors (Lipinski definition) is 6. The minimum Gasteiger partial charge on any atom is -0.465 e. The maximum absolute atomic E-state index is 11.6. The van der Waals surface area contributed by atoms with Crippen LogP contribution in [-0.2, 0) is 19.1 Å². The molecular weight excluding hydrogens is 260 g/mol. The summed E-state index contributed by atoms with van der Waals surface area (Å²) >= 11 is 0. The van der Waals surface area contributed by atoms with E-state index in [9.17, 15) is 9.59 Å². The monoisotopic (exact) mass is 288 g/mol. The van der Waals surface area contributed by atoms with Crippen LogP contribution >= 0.6 is 0 Å². The molecule has 0 heterocycles. The number of nitrogens with one attached hydrogen (secondary N) is 2. The summed E-state index contributed by atoms with van der Waals surface area (Å²) in [5.41, 5.74) is 0. The third kappa shape index (κ3) is 7.45. The van der Waals surface area contributed by atoms with Crippen molar-refractivity contribution in [1.82, 2.24) is 10.6 Å². The highest BCUT2D eigenvalue weighted by atomic mass is 16.5. The van der Waals surface area contributed by atoms with Crippen molar-refractivity contribution in [2.24, 2.45) is 0 Å². The predicted octanol–water partition coefficient (Wildman–Crippen LogP) is 0.849. The van der Waals surface area contributed by atoms with Crippen molar-refractivity contribution in [2.45, 2.75) is 52.6 Å². The van der Waals surface area contributed by atoms with E-state index in [1.165, 1.54) is 0 Å². The summed E-state index contributed by atoms with van der Waals surface area (Å²) in [6.07, 6.45) is 1.35. The van der Waals surface area contributed by atoms with Crippen molar-refractivity contribution >= 4 is 11.9 Å². The quantitative estimate of drug-likeness (QED) is 0.433. The van der Waals surface area contributed by atoms with Crippen LogP contribution in [0.1, 0.15) is 40.5 Å². The highest BCUT2D eigenvalue weighted by Gasteiger charge is 2.18. The Kier molecular flexibility index (Phi) is 11.0. The first kappa shape index (κ1) is 18.9. The number of carbonyl (C=O) groups is 2. The lowest BCUT2D eigenvalue weighted by atomic mass is 10.2. The molecule has 0 spiro atoms. The highest BCUT2D eigenvalue weighted by molar-refractivity contribution is 5.76. The average Bonchev–Trinajstić information content (AvgIpc) is 2.43. The van der Waals surface area contributed by atoms with Gasteiger partial charge in [0, 0.05) is 13.1 Å². The standard InChI is InChI=1S/C14H28N2O4/c1-5-11(13(17)19-7-3)15-9-10-16-12(6-2)14(18)20-8-4/h11-12,15-16H,5-10H2,1-4H3. The molecule has 0 saturated carbocycles. The Morgan fingerprint density at radius 2 is 1.15 bits per heavy atom. The van der Waals surface area contributed by atoms with Gasteiger partial charge in [-0.3, -0.25) is 9.59 Å². The fourth-order valence-electron chi connectivity index (χ4n) is 1.77. The van der Waals surface area contributed by atoms with Crippen molar-refractivity contribution < 1.29 is 19.1 Å². The van der Waals surface area contributed by atoms with Crippen LogP contribution in [0.4, 0.5) is 0 Å². The first-order valence-corrected chi connectivity index (χ1v) is 7.40. The van der Waals surface area contributed by atoms with E-state index in [0.717, 1.165) is 0 Å². The summed E-state index contributed by atoms with van der Waals surface area (Å²) in [5.74, 6) is -0.458. The maximum Gasteiger partial charge on any atom is 0.323 e. The van der Waals surface area contributed by atoms with Gasteiger partial charge < -0.3 is 20.1 Å². The third-order valence-electron chi connectivity index (χ3n) is 2.87. The molecule has 0 amide bonds. The third-order valence-corrected chi connectivity index (χ3v) is 2.87. The molecule has 0 saturated heterocycles. The summed E-state index contributed by atoms with van der Waals surface area (Å²) < 4.78 is 9.94. The Labute approximate surface area is 121 Å². The zero-order valence-electron chi connectivity index (χ0n) is 13.0. The number of esters is 2. The molecule has 20 heavy (non-hydrogen) atoms. The molecule has 0 radical (unpaired) electrons. The molecule has 2 unspecified atom stereocenters. The van der Waals surface area contributed by atoms with E-state index in [1.807, 2.05) is 13.8 Å². The van der Waals surface area contributed by atoms with Gasteiger partial charge in [0.05, 0.1) is 13.2 Å². The Balaban J connectivity index is 3.97. The molecule has 0 aromatic rings. The molecule has 0 aromatic carbocycles. The summed E-state index contributed by atoms with van der Waals surface area (Å²) in [4.78, 5) is 23.1. The molecule has 0 rings (SSSR count). The Morgan fingerprint density at radius 1 is 0.800 bits per heavy atom. The van der Waals surface area contributed by atoms with Crippen LogP contribution in [0.2, 0.25) is 0 Å². The molecule has 0 aliphatic heterocycles. The summed E-state index contributed by atoms with van der Waals surface area (Å²) in [6, 6.07) is -0.584. The van der Waals surface area contributed by atoms with Crippen molar-refractivity contribution in [3.8, 4) is 0 Å². The first-order chi connectivity index (χ1) is 9.60. The van der Waals surface area contributed by atoms with Gasteiger partial charge in [-0.05, 0) is 26.7 Å². The second kappa shape index (κ2) is 11.7. The second-order valence-electron chi connectivity index (χ2n) is 4.33. The van der Waals surface area contributed by atoms with E-state index in [4.69, 9.17) is 9.47 Å². The average molecular weight is 288 g/mol. The van der Waals surface area contributed by atoms with Gasteiger partial charge in [-0.1, -0.05) is 13.8 Å². The smallest absolute Gasteiger partial charge is 0.323 e. The largest absolute Gasteiger partial charge is 0.465 e. The zero-order valence-corrected chi connectivity index (χ0v) is 13.0. The van der Waals surface area contributed by atoms with Gasteiger partial charge in [0.25, 0.3) is 0 Å². The van der Waals surface area contributed by atoms with Crippen molar-refractivity contribution in [3.63, 3.8) is 0 Å². The Bertz CT molecular complexity index is 256. The molecule has 6 nitrogen and oxygen atoms in total. The van der Waals surface area contributed by atoms with Crippen LogP contribution in [0, 0.1) is 0 Å². The first-order valence-electron chi connectivity index (χ1n) is 7.40. The Morgan fingerprint density at radius 3 is 1.40 bits per heavy atom. The topological polar surface area (TPSA) is 76.7 Å². The van der Waals surface area contributed by atoms with Crippen LogP contribution < -0.4 is 10.6 Å². The summed E-state index contributed by atoms with van der Waals surface area (Å²) in [6.45, 7) is 9.38. The minimum atomic E-state index is -0.292. The van der Waals surface area contributed by atoms with Crippen LogP contribution in [0.5, 0.6) is 0 Å². The molecule has 0 fully saturated rings. The van der Waals surface area contributed by atoms with E-state index in [1.54, 1.807) is 13.8 Å². The molecule has 0 aromatic heterocycles. The molecule has 2 N–H and O–H groups in total. The second-order valence-corrected chi connectivity index (χ2v) is 4.33. The number of rotatable bonds is 11. The van der Waals surface area contributed by atoms with E-state index in [0.29, 0.717) is 39.1 Å². The molecule has 0 aliphatic rings. The van der Waals surface area contributed by atoms with E-state index >= 15 is 0 Å². The summed E-state index contributed by atoms with van der Waals surface area (Å²) in [7, 11) is 0. The van der Waals surface area contributed by atoms with Gasteiger partial charge in [-0.25, -0.2) is 0 Å². The lowest BCUT2D eigenvalue weighted by Gasteiger charge is -2.18. The van der Waals surface area contributed by atoms with Gasteiger partial charge >= 0.3 is 11.9 Å². The van der Waals surface area contributed by atoms with Crippen LogP contribution in [0.3, 0.4) is 0 Å². The van der Waals surface area contributed by atoms with E-state index < -0.39 is 0 Å². The summed E-state index contributed by atoms with van der Waals surface area (Å²) in [5, 5.41) is 6.23. The van der Waals surface area contributed by atoms with Crippen LogP contribution in [-0.4, -0.2) is 50.3 Å². The SMILES string of the molecule is CCOC(=O)C(CC)NCCNC(CC)C(=O)OCC. The normalized spacial score (nSPS) is 13.6. The van der Waals surface area contributed by atoms with Gasteiger partial charge in [0.2, 0.25) is 0 Å². The van der Waals surface area contributed by atoms with Gasteiger partial charge in [-0.15, -0.1) is 0 Å². The fourth-order valence-corrected chi connectivity index (χ4v) is 1.77. The zero-order chi connectivity index (χ0) is 15.4. The minimum absolute atomic E-state index is 0.229. The van der Waals surface area contributed by atoms with E-state index in [2.05, 4.69) is 10.6 Å². The number of ether oxygens (including phenoxy) is 2. The van der Waals surface area contributed by atoms with Gasteiger partial charge in [0.15, 0.2) is 0 Å². The van der Waals surface area contributed by atoms with Gasteiger partial charge in [-0.2, -0.15) is 0 Å². The van der Waals surface area contributed by atoms with Crippen molar-refractivity contribution in [2.75, 3.05) is 26.3 Å². The molecule has 6 heteroatoms. The fraction of sp³-hybridized carbons (Fsp3) is 0.857. The molecular formula is C14H28N2O4. The molecule has 2 atom stereocenters. The molecule has 118 valence electrons. The molecule has 0 aliphatic carbocycles. The van der Waals surface area contributed by atoms with Crippen LogP contribution in [0.25, 0.3) is 0 Å². The maximum atomic E-state index is 11.6. The highest BCUT2D eigenvalue weighted by Crippen LogP contribution is 1.96.